The van der Waals surface area contributed by atoms with Crippen molar-refractivity contribution >= 4 is 11.8 Å². The van der Waals surface area contributed by atoms with E-state index in [0.29, 0.717) is 6.61 Å². The van der Waals surface area contributed by atoms with Crippen LogP contribution >= 0.6 is 0 Å². The van der Waals surface area contributed by atoms with E-state index in [1.165, 1.54) is 6.20 Å². The maximum Gasteiger partial charge on any atom is 0.343 e. The summed E-state index contributed by atoms with van der Waals surface area (Å²) in [4.78, 5) is 26.1. The lowest BCUT2D eigenvalue weighted by atomic mass is 10.1. The molecule has 0 radical (unpaired) electrons. The monoisotopic (exact) mass is 319 g/mol. The van der Waals surface area contributed by atoms with E-state index in [2.05, 4.69) is 0 Å². The van der Waals surface area contributed by atoms with Gasteiger partial charge < -0.3 is 14.4 Å². The molecular formula is C18H25NO4. The third-order valence-electron chi connectivity index (χ3n) is 2.65. The van der Waals surface area contributed by atoms with Crippen molar-refractivity contribution in [3.63, 3.8) is 0 Å². The van der Waals surface area contributed by atoms with Crippen LogP contribution in [0.2, 0.25) is 0 Å². The molecule has 0 heterocycles. The summed E-state index contributed by atoms with van der Waals surface area (Å²) in [6, 6.07) is 9.54. The summed E-state index contributed by atoms with van der Waals surface area (Å²) in [6.45, 7) is 5.42. The third-order valence-corrected chi connectivity index (χ3v) is 2.65. The smallest absolute Gasteiger partial charge is 0.343 e. The summed E-state index contributed by atoms with van der Waals surface area (Å²) in [5.74, 6) is -1.04. The molecule has 23 heavy (non-hydrogen) atoms. The number of esters is 1. The van der Waals surface area contributed by atoms with Crippen LogP contribution in [-0.4, -0.2) is 43.0 Å². The first-order chi connectivity index (χ1) is 10.7. The van der Waals surface area contributed by atoms with E-state index in [9.17, 15) is 9.59 Å². The molecule has 126 valence electrons. The minimum Gasteiger partial charge on any atom is -0.456 e. The van der Waals surface area contributed by atoms with Gasteiger partial charge in [0.2, 0.25) is 0 Å². The number of rotatable bonds is 7. The van der Waals surface area contributed by atoms with E-state index in [4.69, 9.17) is 9.47 Å². The first kappa shape index (κ1) is 18.9. The van der Waals surface area contributed by atoms with Gasteiger partial charge in [0, 0.05) is 20.3 Å². The Morgan fingerprint density at radius 2 is 1.74 bits per heavy atom. The quantitative estimate of drug-likeness (QED) is 0.335. The van der Waals surface area contributed by atoms with Gasteiger partial charge in [-0.05, 0) is 26.3 Å². The zero-order chi connectivity index (χ0) is 17.5. The number of Topliss-reactive ketones (excluding diaryl/α,β-unsaturated/α-hetero) is 1. The summed E-state index contributed by atoms with van der Waals surface area (Å²) in [6.07, 6.45) is 1.46. The van der Waals surface area contributed by atoms with Crippen LogP contribution in [-0.2, 0) is 25.7 Å². The Hall–Kier alpha value is -2.14. The molecule has 5 heteroatoms. The second-order valence-electron chi connectivity index (χ2n) is 6.41. The van der Waals surface area contributed by atoms with Gasteiger partial charge in [-0.1, -0.05) is 30.3 Å². The topological polar surface area (TPSA) is 55.8 Å². The van der Waals surface area contributed by atoms with Crippen molar-refractivity contribution in [2.24, 2.45) is 0 Å². The van der Waals surface area contributed by atoms with Crippen LogP contribution < -0.4 is 0 Å². The summed E-state index contributed by atoms with van der Waals surface area (Å²) < 4.78 is 10.7. The molecule has 0 aliphatic rings. The average molecular weight is 319 g/mol. The highest BCUT2D eigenvalue weighted by atomic mass is 16.6. The molecule has 0 atom stereocenters. The normalized spacial score (nSPS) is 12.0. The Balaban J connectivity index is 2.67. The van der Waals surface area contributed by atoms with Gasteiger partial charge in [-0.3, -0.25) is 4.79 Å². The zero-order valence-electron chi connectivity index (χ0n) is 14.5. The number of carbonyl (C=O) groups excluding carboxylic acids is 2. The lowest BCUT2D eigenvalue weighted by molar-refractivity contribution is -0.151. The molecule has 0 aliphatic heterocycles. The maximum absolute atomic E-state index is 12.3. The molecule has 0 amide bonds. The van der Waals surface area contributed by atoms with Crippen LogP contribution in [0, 0.1) is 0 Å². The third kappa shape index (κ3) is 7.61. The van der Waals surface area contributed by atoms with Gasteiger partial charge in [0.1, 0.15) is 17.8 Å². The molecule has 5 nitrogen and oxygen atoms in total. The Morgan fingerprint density at radius 3 is 2.26 bits per heavy atom. The molecule has 1 rings (SSSR count). The molecule has 0 spiro atoms. The summed E-state index contributed by atoms with van der Waals surface area (Å²) in [5, 5.41) is 0. The average Bonchev–Trinajstić information content (AvgIpc) is 2.43. The Morgan fingerprint density at radius 1 is 1.13 bits per heavy atom. The highest BCUT2D eigenvalue weighted by Crippen LogP contribution is 2.12. The van der Waals surface area contributed by atoms with E-state index >= 15 is 0 Å². The molecular weight excluding hydrogens is 294 g/mol. The van der Waals surface area contributed by atoms with Gasteiger partial charge in [-0.15, -0.1) is 0 Å². The number of ketones is 1. The molecule has 0 unspecified atom stereocenters. The van der Waals surface area contributed by atoms with Gasteiger partial charge in [0.25, 0.3) is 0 Å². The fourth-order valence-corrected chi connectivity index (χ4v) is 1.74. The SMILES string of the molecule is CN(C)/C=C(\C(=O)COCc1ccccc1)C(=O)OC(C)(C)C. The van der Waals surface area contributed by atoms with E-state index in [1.54, 1.807) is 39.8 Å². The summed E-state index contributed by atoms with van der Waals surface area (Å²) in [7, 11) is 3.48. The highest BCUT2D eigenvalue weighted by Gasteiger charge is 2.25. The fraction of sp³-hybridized carbons (Fsp3) is 0.444. The molecule has 0 saturated carbocycles. The zero-order valence-corrected chi connectivity index (χ0v) is 14.5. The van der Waals surface area contributed by atoms with Crippen LogP contribution in [0.4, 0.5) is 0 Å². The molecule has 0 fully saturated rings. The Kier molecular flexibility index (Phi) is 6.97. The van der Waals surface area contributed by atoms with Crippen molar-refractivity contribution in [2.45, 2.75) is 33.0 Å². The van der Waals surface area contributed by atoms with E-state index < -0.39 is 17.4 Å². The van der Waals surface area contributed by atoms with Gasteiger partial charge in [-0.2, -0.15) is 0 Å². The number of benzene rings is 1. The summed E-state index contributed by atoms with van der Waals surface area (Å²) in [5.41, 5.74) is 0.293. The second-order valence-corrected chi connectivity index (χ2v) is 6.41. The number of ether oxygens (including phenoxy) is 2. The molecule has 0 N–H and O–H groups in total. The molecule has 0 aliphatic carbocycles. The van der Waals surface area contributed by atoms with Crippen LogP contribution in [0.1, 0.15) is 26.3 Å². The van der Waals surface area contributed by atoms with E-state index in [-0.39, 0.29) is 12.2 Å². The van der Waals surface area contributed by atoms with Gasteiger partial charge >= 0.3 is 5.97 Å². The minimum atomic E-state index is -0.659. The van der Waals surface area contributed by atoms with Crippen LogP contribution in [0.15, 0.2) is 42.1 Å². The molecule has 0 saturated heterocycles. The lowest BCUT2D eigenvalue weighted by Crippen LogP contribution is -2.29. The maximum atomic E-state index is 12.3. The number of hydrogen-bond donors (Lipinski definition) is 0. The van der Waals surface area contributed by atoms with Gasteiger partial charge in [0.05, 0.1) is 6.61 Å². The van der Waals surface area contributed by atoms with Crippen molar-refractivity contribution in [1.82, 2.24) is 4.90 Å². The minimum absolute atomic E-state index is 0.0158. The summed E-state index contributed by atoms with van der Waals surface area (Å²) >= 11 is 0. The second kappa shape index (κ2) is 8.48. The lowest BCUT2D eigenvalue weighted by Gasteiger charge is -2.21. The number of nitrogens with zero attached hydrogens (tertiary/aromatic N) is 1. The largest absolute Gasteiger partial charge is 0.456 e. The van der Waals surface area contributed by atoms with Crippen molar-refractivity contribution in [3.8, 4) is 0 Å². The van der Waals surface area contributed by atoms with E-state index in [1.807, 2.05) is 30.3 Å². The van der Waals surface area contributed by atoms with Crippen LogP contribution in [0.25, 0.3) is 0 Å². The van der Waals surface area contributed by atoms with Gasteiger partial charge in [-0.25, -0.2) is 4.79 Å². The van der Waals surface area contributed by atoms with E-state index in [0.717, 1.165) is 5.56 Å². The van der Waals surface area contributed by atoms with Crippen LogP contribution in [0.3, 0.4) is 0 Å². The van der Waals surface area contributed by atoms with Crippen molar-refractivity contribution in [1.29, 1.82) is 0 Å². The van der Waals surface area contributed by atoms with Crippen LogP contribution in [0.5, 0.6) is 0 Å². The predicted octanol–water partition coefficient (Wildman–Crippen LogP) is 2.56. The van der Waals surface area contributed by atoms with Crippen molar-refractivity contribution in [2.75, 3.05) is 20.7 Å². The number of carbonyl (C=O) groups is 2. The Labute approximate surface area is 137 Å². The highest BCUT2D eigenvalue weighted by molar-refractivity contribution is 6.17. The van der Waals surface area contributed by atoms with Gasteiger partial charge in [0.15, 0.2) is 5.78 Å². The first-order valence-corrected chi connectivity index (χ1v) is 7.45. The standard InChI is InChI=1S/C18H25NO4/c1-18(2,3)23-17(21)15(11-19(4)5)16(20)13-22-12-14-9-7-6-8-10-14/h6-11H,12-13H2,1-5H3/b15-11+. The predicted molar refractivity (Wildman–Crippen MR) is 88.7 cm³/mol. The van der Waals surface area contributed by atoms with Crippen molar-refractivity contribution < 1.29 is 19.1 Å². The molecule has 1 aromatic carbocycles. The first-order valence-electron chi connectivity index (χ1n) is 7.45. The Bertz CT molecular complexity index is 556. The van der Waals surface area contributed by atoms with Crippen molar-refractivity contribution in [3.05, 3.63) is 47.7 Å². The fourth-order valence-electron chi connectivity index (χ4n) is 1.74. The molecule has 1 aromatic rings. The molecule has 0 aromatic heterocycles. The molecule has 0 bridgehead atoms. The number of hydrogen-bond acceptors (Lipinski definition) is 5.